The predicted molar refractivity (Wildman–Crippen MR) is 109 cm³/mol. The molecule has 0 unspecified atom stereocenters. The molecule has 0 aliphatic carbocycles. The van der Waals surface area contributed by atoms with Crippen LogP contribution in [0.5, 0.6) is 5.75 Å². The highest BCUT2D eigenvalue weighted by Crippen LogP contribution is 2.32. The van der Waals surface area contributed by atoms with Crippen LogP contribution in [0.1, 0.15) is 19.4 Å². The predicted octanol–water partition coefficient (Wildman–Crippen LogP) is 4.93. The van der Waals surface area contributed by atoms with E-state index >= 15 is 0 Å². The highest BCUT2D eigenvalue weighted by Gasteiger charge is 2.36. The molecule has 2 aromatic carbocycles. The first-order chi connectivity index (χ1) is 12.6. The summed E-state index contributed by atoms with van der Waals surface area (Å²) in [5.74, 6) is 0.928. The van der Waals surface area contributed by atoms with Crippen LogP contribution < -0.4 is 4.74 Å². The molecule has 3 rings (SSSR count). The van der Waals surface area contributed by atoms with Crippen LogP contribution >= 0.6 is 23.4 Å². The first kappa shape index (κ1) is 18.8. The van der Waals surface area contributed by atoms with Gasteiger partial charge in [0.15, 0.2) is 5.17 Å². The lowest BCUT2D eigenvalue weighted by Crippen LogP contribution is -2.32. The summed E-state index contributed by atoms with van der Waals surface area (Å²) in [6.07, 6.45) is 0.666. The monoisotopic (exact) mass is 388 g/mol. The summed E-state index contributed by atoms with van der Waals surface area (Å²) in [6, 6.07) is 15.2. The van der Waals surface area contributed by atoms with E-state index in [-0.39, 0.29) is 11.2 Å². The third kappa shape index (κ3) is 4.40. The smallest absolute Gasteiger partial charge is 0.242 e. The highest BCUT2D eigenvalue weighted by molar-refractivity contribution is 8.15. The summed E-state index contributed by atoms with van der Waals surface area (Å²) < 4.78 is 5.45. The Labute approximate surface area is 163 Å². The average Bonchev–Trinajstić information content (AvgIpc) is 2.93. The van der Waals surface area contributed by atoms with Gasteiger partial charge in [-0.25, -0.2) is 4.99 Å². The van der Waals surface area contributed by atoms with Gasteiger partial charge in [0.2, 0.25) is 5.91 Å². The SMILES string of the molecule is CCOc1ccc(N=C2S[C@H](Cc3ccc(Cl)cc3)C(=O)N2CC)cc1. The number of carbonyl (C=O) groups excluding carboxylic acids is 1. The van der Waals surface area contributed by atoms with Crippen molar-refractivity contribution in [2.75, 3.05) is 13.2 Å². The second-order valence-electron chi connectivity index (χ2n) is 5.84. The van der Waals surface area contributed by atoms with E-state index in [9.17, 15) is 4.79 Å². The van der Waals surface area contributed by atoms with Crippen LogP contribution in [-0.2, 0) is 11.2 Å². The van der Waals surface area contributed by atoms with Crippen LogP contribution in [0.4, 0.5) is 5.69 Å². The van der Waals surface area contributed by atoms with Gasteiger partial charge in [-0.3, -0.25) is 9.69 Å². The Kier molecular flexibility index (Phi) is 6.22. The number of halogens is 1. The van der Waals surface area contributed by atoms with Crippen LogP contribution in [0.15, 0.2) is 53.5 Å². The molecule has 6 heteroatoms. The van der Waals surface area contributed by atoms with E-state index < -0.39 is 0 Å². The minimum Gasteiger partial charge on any atom is -0.494 e. The normalized spacial score (nSPS) is 18.6. The van der Waals surface area contributed by atoms with Crippen molar-refractivity contribution in [1.82, 2.24) is 4.90 Å². The Morgan fingerprint density at radius 1 is 1.12 bits per heavy atom. The molecule has 1 heterocycles. The molecule has 1 fully saturated rings. The molecule has 0 bridgehead atoms. The van der Waals surface area contributed by atoms with Gasteiger partial charge in [-0.2, -0.15) is 0 Å². The summed E-state index contributed by atoms with van der Waals surface area (Å²) in [5, 5.41) is 1.30. The number of nitrogens with zero attached hydrogens (tertiary/aromatic N) is 2. The van der Waals surface area contributed by atoms with Crippen LogP contribution in [0.3, 0.4) is 0 Å². The maximum atomic E-state index is 12.7. The van der Waals surface area contributed by atoms with Crippen molar-refractivity contribution >= 4 is 40.1 Å². The molecule has 0 N–H and O–H groups in total. The van der Waals surface area contributed by atoms with Gasteiger partial charge in [0.05, 0.1) is 17.5 Å². The Morgan fingerprint density at radius 2 is 1.81 bits per heavy atom. The lowest BCUT2D eigenvalue weighted by molar-refractivity contribution is -0.126. The second kappa shape index (κ2) is 8.60. The largest absolute Gasteiger partial charge is 0.494 e. The number of amides is 1. The van der Waals surface area contributed by atoms with Crippen molar-refractivity contribution < 1.29 is 9.53 Å². The van der Waals surface area contributed by atoms with Crippen LogP contribution in [-0.4, -0.2) is 34.4 Å². The third-order valence-corrected chi connectivity index (χ3v) is 5.47. The molecule has 1 aliphatic heterocycles. The van der Waals surface area contributed by atoms with Crippen molar-refractivity contribution in [3.05, 3.63) is 59.1 Å². The lowest BCUT2D eigenvalue weighted by atomic mass is 10.1. The van der Waals surface area contributed by atoms with Crippen molar-refractivity contribution in [2.24, 2.45) is 4.99 Å². The maximum absolute atomic E-state index is 12.7. The fourth-order valence-corrected chi connectivity index (χ4v) is 4.13. The molecule has 4 nitrogen and oxygen atoms in total. The van der Waals surface area contributed by atoms with Crippen LogP contribution in [0.25, 0.3) is 0 Å². The van der Waals surface area contributed by atoms with Crippen LogP contribution in [0.2, 0.25) is 5.02 Å². The summed E-state index contributed by atoms with van der Waals surface area (Å²) in [6.45, 7) is 5.17. The average molecular weight is 389 g/mol. The summed E-state index contributed by atoms with van der Waals surface area (Å²) in [5.41, 5.74) is 1.91. The first-order valence-corrected chi connectivity index (χ1v) is 9.90. The van der Waals surface area contributed by atoms with Gasteiger partial charge in [0.1, 0.15) is 5.75 Å². The number of thioether (sulfide) groups is 1. The van der Waals surface area contributed by atoms with E-state index in [1.165, 1.54) is 11.8 Å². The van der Waals surface area contributed by atoms with E-state index in [0.717, 1.165) is 22.2 Å². The molecule has 26 heavy (non-hydrogen) atoms. The number of aliphatic imine (C=N–C) groups is 1. The summed E-state index contributed by atoms with van der Waals surface area (Å²) in [4.78, 5) is 19.2. The molecular weight excluding hydrogens is 368 g/mol. The van der Waals surface area contributed by atoms with Gasteiger partial charge >= 0.3 is 0 Å². The van der Waals surface area contributed by atoms with Gasteiger partial charge in [-0.05, 0) is 62.2 Å². The Hall–Kier alpha value is -1.98. The maximum Gasteiger partial charge on any atom is 0.242 e. The molecule has 0 radical (unpaired) electrons. The van der Waals surface area contributed by atoms with Gasteiger partial charge in [-0.15, -0.1) is 0 Å². The third-order valence-electron chi connectivity index (χ3n) is 4.04. The van der Waals surface area contributed by atoms with E-state index in [1.54, 1.807) is 4.90 Å². The molecule has 0 aromatic heterocycles. The van der Waals surface area contributed by atoms with E-state index in [2.05, 4.69) is 4.99 Å². The van der Waals surface area contributed by atoms with Crippen molar-refractivity contribution in [3.8, 4) is 5.75 Å². The van der Waals surface area contributed by atoms with E-state index in [1.807, 2.05) is 62.4 Å². The fraction of sp³-hybridized carbons (Fsp3) is 0.300. The number of hydrogen-bond donors (Lipinski definition) is 0. The molecular formula is C20H21ClN2O2S. The molecule has 2 aromatic rings. The molecule has 0 saturated carbocycles. The number of benzene rings is 2. The zero-order valence-corrected chi connectivity index (χ0v) is 16.4. The summed E-state index contributed by atoms with van der Waals surface area (Å²) in [7, 11) is 0. The topological polar surface area (TPSA) is 41.9 Å². The fourth-order valence-electron chi connectivity index (χ4n) is 2.74. The second-order valence-corrected chi connectivity index (χ2v) is 7.45. The molecule has 1 aliphatic rings. The number of hydrogen-bond acceptors (Lipinski definition) is 4. The molecule has 0 spiro atoms. The number of rotatable bonds is 6. The van der Waals surface area contributed by atoms with E-state index in [0.29, 0.717) is 24.6 Å². The molecule has 1 amide bonds. The van der Waals surface area contributed by atoms with Gasteiger partial charge in [0, 0.05) is 11.6 Å². The van der Waals surface area contributed by atoms with Crippen LogP contribution in [0, 0.1) is 0 Å². The van der Waals surface area contributed by atoms with E-state index in [4.69, 9.17) is 16.3 Å². The van der Waals surface area contributed by atoms with Crippen molar-refractivity contribution in [1.29, 1.82) is 0 Å². The molecule has 136 valence electrons. The summed E-state index contributed by atoms with van der Waals surface area (Å²) >= 11 is 7.46. The minimum absolute atomic E-state index is 0.108. The van der Waals surface area contributed by atoms with Crippen molar-refractivity contribution in [3.63, 3.8) is 0 Å². The quantitative estimate of drug-likeness (QED) is 0.704. The Balaban J connectivity index is 1.76. The Bertz CT molecular complexity index is 790. The zero-order valence-electron chi connectivity index (χ0n) is 14.8. The van der Waals surface area contributed by atoms with Gasteiger partial charge in [0.25, 0.3) is 0 Å². The lowest BCUT2D eigenvalue weighted by Gasteiger charge is -2.13. The Morgan fingerprint density at radius 3 is 2.42 bits per heavy atom. The highest BCUT2D eigenvalue weighted by atomic mass is 35.5. The minimum atomic E-state index is -0.155. The van der Waals surface area contributed by atoms with Gasteiger partial charge < -0.3 is 4.74 Å². The number of ether oxygens (including phenoxy) is 1. The van der Waals surface area contributed by atoms with Gasteiger partial charge in [-0.1, -0.05) is 35.5 Å². The molecule has 1 saturated heterocycles. The zero-order chi connectivity index (χ0) is 18.5. The van der Waals surface area contributed by atoms with Crippen molar-refractivity contribution in [2.45, 2.75) is 25.5 Å². The number of amidine groups is 1. The standard InChI is InChI=1S/C20H21ClN2O2S/c1-3-23-19(24)18(13-14-5-7-15(21)8-6-14)26-20(23)22-16-9-11-17(12-10-16)25-4-2/h5-12,18H,3-4,13H2,1-2H3/t18-/m1/s1. The molecule has 1 atom stereocenters. The number of carbonyl (C=O) groups is 1. The first-order valence-electron chi connectivity index (χ1n) is 8.64.